The predicted molar refractivity (Wildman–Crippen MR) is 65.6 cm³/mol. The molecule has 18 heavy (non-hydrogen) atoms. The van der Waals surface area contributed by atoms with Gasteiger partial charge in [0.15, 0.2) is 6.07 Å². The van der Waals surface area contributed by atoms with E-state index in [0.717, 1.165) is 23.2 Å². The van der Waals surface area contributed by atoms with E-state index in [0.29, 0.717) is 13.0 Å². The van der Waals surface area contributed by atoms with E-state index in [9.17, 15) is 9.59 Å². The first-order valence-corrected chi connectivity index (χ1v) is 5.68. The largest absolute Gasteiger partial charge is 0.339 e. The number of carbonyl (C=O) groups excluding carboxylic acids is 2. The van der Waals surface area contributed by atoms with Crippen LogP contribution in [-0.4, -0.2) is 18.9 Å². The maximum atomic E-state index is 11.5. The molecule has 0 unspecified atom stereocenters. The number of nitrogens with zero attached hydrogens (tertiary/aromatic N) is 2. The van der Waals surface area contributed by atoms with E-state index in [4.69, 9.17) is 5.26 Å². The minimum absolute atomic E-state index is 0.119. The number of fused-ring (bicyclic) bond motifs is 1. The Morgan fingerprint density at radius 3 is 3.00 bits per heavy atom. The molecule has 0 aliphatic carbocycles. The number of anilines is 1. The SMILES string of the molecule is CN1C(=O)CCc2cc(CNC(=O)C#N)ccc21. The predicted octanol–water partition coefficient (Wildman–Crippen LogP) is 0.735. The van der Waals surface area contributed by atoms with Crippen molar-refractivity contribution in [2.45, 2.75) is 19.4 Å². The third-order valence-electron chi connectivity index (χ3n) is 3.04. The van der Waals surface area contributed by atoms with Gasteiger partial charge in [0.05, 0.1) is 0 Å². The zero-order valence-electron chi connectivity index (χ0n) is 10.1. The molecule has 0 bridgehead atoms. The molecule has 0 radical (unpaired) electrons. The first-order valence-electron chi connectivity index (χ1n) is 5.68. The van der Waals surface area contributed by atoms with Gasteiger partial charge in [-0.3, -0.25) is 9.59 Å². The first-order chi connectivity index (χ1) is 8.61. The van der Waals surface area contributed by atoms with Crippen LogP contribution < -0.4 is 10.2 Å². The third kappa shape index (κ3) is 2.33. The number of nitrogens with one attached hydrogen (secondary N) is 1. The molecular formula is C13H13N3O2. The maximum Gasteiger partial charge on any atom is 0.322 e. The van der Waals surface area contributed by atoms with E-state index in [-0.39, 0.29) is 5.91 Å². The summed E-state index contributed by atoms with van der Waals surface area (Å²) in [6, 6.07) is 7.20. The van der Waals surface area contributed by atoms with Crippen LogP contribution in [0.4, 0.5) is 5.69 Å². The fourth-order valence-electron chi connectivity index (χ4n) is 2.04. The van der Waals surface area contributed by atoms with E-state index in [1.54, 1.807) is 11.9 Å². The second kappa shape index (κ2) is 4.88. The summed E-state index contributed by atoms with van der Waals surface area (Å²) in [7, 11) is 1.76. The van der Waals surface area contributed by atoms with E-state index in [1.165, 1.54) is 6.07 Å². The monoisotopic (exact) mass is 243 g/mol. The molecule has 2 amide bonds. The highest BCUT2D eigenvalue weighted by atomic mass is 16.2. The molecule has 0 aromatic heterocycles. The van der Waals surface area contributed by atoms with E-state index in [2.05, 4.69) is 5.32 Å². The van der Waals surface area contributed by atoms with Crippen LogP contribution in [0.1, 0.15) is 17.5 Å². The highest BCUT2D eigenvalue weighted by Gasteiger charge is 2.20. The van der Waals surface area contributed by atoms with Crippen molar-refractivity contribution in [3.05, 3.63) is 29.3 Å². The van der Waals surface area contributed by atoms with Crippen LogP contribution >= 0.6 is 0 Å². The molecule has 0 saturated heterocycles. The number of nitriles is 1. The molecule has 0 spiro atoms. The Bertz CT molecular complexity index is 546. The normalized spacial score (nSPS) is 13.8. The fraction of sp³-hybridized carbons (Fsp3) is 0.308. The Balaban J connectivity index is 2.16. The number of hydrogen-bond acceptors (Lipinski definition) is 3. The van der Waals surface area contributed by atoms with Gasteiger partial charge in [-0.15, -0.1) is 0 Å². The number of amides is 2. The summed E-state index contributed by atoms with van der Waals surface area (Å²) in [6.07, 6.45) is 1.23. The number of rotatable bonds is 2. The quantitative estimate of drug-likeness (QED) is 0.778. The Hall–Kier alpha value is -2.35. The minimum atomic E-state index is -0.639. The molecule has 2 rings (SSSR count). The number of aryl methyl sites for hydroxylation is 1. The molecule has 5 nitrogen and oxygen atoms in total. The van der Waals surface area contributed by atoms with Crippen LogP contribution in [0.5, 0.6) is 0 Å². The lowest BCUT2D eigenvalue weighted by Gasteiger charge is -2.26. The lowest BCUT2D eigenvalue weighted by Crippen LogP contribution is -2.31. The van der Waals surface area contributed by atoms with Crippen molar-refractivity contribution in [1.82, 2.24) is 5.32 Å². The molecule has 1 aliphatic rings. The average molecular weight is 243 g/mol. The maximum absolute atomic E-state index is 11.5. The van der Waals surface area contributed by atoms with Gasteiger partial charge >= 0.3 is 5.91 Å². The van der Waals surface area contributed by atoms with Crippen molar-refractivity contribution in [2.24, 2.45) is 0 Å². The Morgan fingerprint density at radius 1 is 1.50 bits per heavy atom. The van der Waals surface area contributed by atoms with Gasteiger partial charge in [-0.1, -0.05) is 12.1 Å². The van der Waals surface area contributed by atoms with Crippen molar-refractivity contribution in [3.63, 3.8) is 0 Å². The van der Waals surface area contributed by atoms with Gasteiger partial charge in [-0.2, -0.15) is 5.26 Å². The van der Waals surface area contributed by atoms with Gasteiger partial charge in [0.2, 0.25) is 5.91 Å². The molecule has 1 aliphatic heterocycles. The van der Waals surface area contributed by atoms with Crippen LogP contribution in [0.2, 0.25) is 0 Å². The first kappa shape index (κ1) is 12.1. The highest BCUT2D eigenvalue weighted by Crippen LogP contribution is 2.27. The smallest absolute Gasteiger partial charge is 0.322 e. The van der Waals surface area contributed by atoms with Gasteiger partial charge < -0.3 is 10.2 Å². The summed E-state index contributed by atoms with van der Waals surface area (Å²) < 4.78 is 0. The Labute approximate surface area is 105 Å². The molecule has 1 aromatic carbocycles. The zero-order chi connectivity index (χ0) is 13.1. The molecule has 0 saturated carbocycles. The van der Waals surface area contributed by atoms with Crippen molar-refractivity contribution >= 4 is 17.5 Å². The van der Waals surface area contributed by atoms with Gasteiger partial charge in [-0.05, 0) is 23.6 Å². The van der Waals surface area contributed by atoms with Gasteiger partial charge in [-0.25, -0.2) is 0 Å². The Kier molecular flexibility index (Phi) is 3.28. The van der Waals surface area contributed by atoms with E-state index >= 15 is 0 Å². The molecule has 1 aromatic rings. The van der Waals surface area contributed by atoms with Gasteiger partial charge in [0.1, 0.15) is 0 Å². The second-order valence-corrected chi connectivity index (χ2v) is 4.21. The van der Waals surface area contributed by atoms with Crippen LogP contribution in [0.3, 0.4) is 0 Å². The summed E-state index contributed by atoms with van der Waals surface area (Å²) in [5.74, 6) is -0.520. The Morgan fingerprint density at radius 2 is 2.28 bits per heavy atom. The fourth-order valence-corrected chi connectivity index (χ4v) is 2.04. The molecule has 0 fully saturated rings. The van der Waals surface area contributed by atoms with Crippen molar-refractivity contribution in [1.29, 1.82) is 5.26 Å². The summed E-state index contributed by atoms with van der Waals surface area (Å²) in [4.78, 5) is 24.0. The van der Waals surface area contributed by atoms with E-state index < -0.39 is 5.91 Å². The average Bonchev–Trinajstić information content (AvgIpc) is 2.40. The van der Waals surface area contributed by atoms with Crippen molar-refractivity contribution in [3.8, 4) is 6.07 Å². The molecule has 92 valence electrons. The van der Waals surface area contributed by atoms with Crippen LogP contribution in [0.25, 0.3) is 0 Å². The zero-order valence-corrected chi connectivity index (χ0v) is 10.1. The van der Waals surface area contributed by atoms with Crippen LogP contribution in [-0.2, 0) is 22.6 Å². The number of carbonyl (C=O) groups is 2. The van der Waals surface area contributed by atoms with Gasteiger partial charge in [0, 0.05) is 25.7 Å². The topological polar surface area (TPSA) is 73.2 Å². The van der Waals surface area contributed by atoms with Gasteiger partial charge in [0.25, 0.3) is 0 Å². The van der Waals surface area contributed by atoms with E-state index in [1.807, 2.05) is 18.2 Å². The summed E-state index contributed by atoms with van der Waals surface area (Å²) >= 11 is 0. The molecule has 1 heterocycles. The number of hydrogen-bond donors (Lipinski definition) is 1. The van der Waals surface area contributed by atoms with Crippen LogP contribution in [0.15, 0.2) is 18.2 Å². The molecule has 1 N–H and O–H groups in total. The third-order valence-corrected chi connectivity index (χ3v) is 3.04. The molecule has 0 atom stereocenters. The van der Waals surface area contributed by atoms with Crippen LogP contribution in [0, 0.1) is 11.3 Å². The molecule has 5 heteroatoms. The lowest BCUT2D eigenvalue weighted by molar-refractivity contribution is -0.118. The standard InChI is InChI=1S/C13H13N3O2/c1-16-11-4-2-9(8-15-12(17)7-14)6-10(11)3-5-13(16)18/h2,4,6H,3,5,8H2,1H3,(H,15,17). The summed E-state index contributed by atoms with van der Waals surface area (Å²) in [5, 5.41) is 10.9. The van der Waals surface area contributed by atoms with Crippen molar-refractivity contribution in [2.75, 3.05) is 11.9 Å². The van der Waals surface area contributed by atoms with Crippen molar-refractivity contribution < 1.29 is 9.59 Å². The lowest BCUT2D eigenvalue weighted by atomic mass is 9.99. The second-order valence-electron chi connectivity index (χ2n) is 4.21. The highest BCUT2D eigenvalue weighted by molar-refractivity contribution is 5.96. The summed E-state index contributed by atoms with van der Waals surface area (Å²) in [5.41, 5.74) is 2.95. The molecular weight excluding hydrogens is 230 g/mol. The number of benzene rings is 1. The minimum Gasteiger partial charge on any atom is -0.339 e. The summed E-state index contributed by atoms with van der Waals surface area (Å²) in [6.45, 7) is 0.331.